The van der Waals surface area contributed by atoms with Crippen molar-refractivity contribution in [1.82, 2.24) is 5.32 Å². The number of carbonyl (C=O) groups excluding carboxylic acids is 1. The zero-order valence-electron chi connectivity index (χ0n) is 12.2. The van der Waals surface area contributed by atoms with E-state index in [0.717, 1.165) is 5.56 Å². The summed E-state index contributed by atoms with van der Waals surface area (Å²) in [5.74, 6) is -1.33. The van der Waals surface area contributed by atoms with Gasteiger partial charge in [0, 0.05) is 17.5 Å². The highest BCUT2D eigenvalue weighted by atomic mass is 35.5. The molecule has 1 heterocycles. The summed E-state index contributed by atoms with van der Waals surface area (Å²) in [6.07, 6.45) is 0.398. The van der Waals surface area contributed by atoms with E-state index in [4.69, 9.17) is 21.1 Å². The average molecular weight is 322 g/mol. The Hall–Kier alpha value is -2.27. The normalized spacial score (nSPS) is 12.0. The molecule has 0 radical (unpaired) electrons. The van der Waals surface area contributed by atoms with Crippen molar-refractivity contribution in [3.63, 3.8) is 0 Å². The van der Waals surface area contributed by atoms with Crippen LogP contribution in [0.25, 0.3) is 0 Å². The number of hydrogen-bond acceptors (Lipinski definition) is 3. The molecule has 1 atom stereocenters. The summed E-state index contributed by atoms with van der Waals surface area (Å²) in [5, 5.41) is 12.4. The van der Waals surface area contributed by atoms with Crippen LogP contribution in [0.5, 0.6) is 0 Å². The number of carbonyl (C=O) groups is 2. The van der Waals surface area contributed by atoms with Gasteiger partial charge in [0.1, 0.15) is 11.3 Å². The molecule has 22 heavy (non-hydrogen) atoms. The third-order valence-electron chi connectivity index (χ3n) is 3.30. The Bertz CT molecular complexity index is 708. The maximum atomic E-state index is 12.2. The highest BCUT2D eigenvalue weighted by molar-refractivity contribution is 6.31. The van der Waals surface area contributed by atoms with Crippen LogP contribution in [0.1, 0.15) is 52.1 Å². The zero-order valence-corrected chi connectivity index (χ0v) is 13.0. The van der Waals surface area contributed by atoms with E-state index in [1.807, 2.05) is 12.1 Å². The number of amides is 1. The highest BCUT2D eigenvalue weighted by Gasteiger charge is 2.21. The van der Waals surface area contributed by atoms with Crippen LogP contribution in [0.4, 0.5) is 0 Å². The molecule has 1 aromatic heterocycles. The van der Waals surface area contributed by atoms with Gasteiger partial charge in [-0.05, 0) is 18.6 Å². The van der Waals surface area contributed by atoms with E-state index in [1.54, 1.807) is 26.0 Å². The Morgan fingerprint density at radius 3 is 2.59 bits per heavy atom. The first-order valence-corrected chi connectivity index (χ1v) is 7.23. The quantitative estimate of drug-likeness (QED) is 0.880. The second kappa shape index (κ2) is 6.66. The summed E-state index contributed by atoms with van der Waals surface area (Å²) in [4.78, 5) is 23.3. The molecular weight excluding hydrogens is 306 g/mol. The Balaban J connectivity index is 2.19. The largest absolute Gasteiger partial charge is 0.478 e. The molecule has 0 aliphatic heterocycles. The molecule has 0 aliphatic rings. The lowest BCUT2D eigenvalue weighted by molar-refractivity contribution is 0.0694. The fourth-order valence-electron chi connectivity index (χ4n) is 2.16. The van der Waals surface area contributed by atoms with Gasteiger partial charge >= 0.3 is 5.97 Å². The fraction of sp³-hybridized carbons (Fsp3) is 0.250. The molecule has 2 rings (SSSR count). The molecule has 0 bridgehead atoms. The monoisotopic (exact) mass is 321 g/mol. The van der Waals surface area contributed by atoms with E-state index < -0.39 is 11.9 Å². The minimum atomic E-state index is -1.11. The Kier molecular flexibility index (Phi) is 4.88. The van der Waals surface area contributed by atoms with E-state index in [0.29, 0.717) is 11.4 Å². The van der Waals surface area contributed by atoms with Gasteiger partial charge in [-0.15, -0.1) is 0 Å². The van der Waals surface area contributed by atoms with Crippen molar-refractivity contribution in [2.45, 2.75) is 26.3 Å². The number of furan rings is 1. The maximum absolute atomic E-state index is 12.2. The van der Waals surface area contributed by atoms with Crippen LogP contribution in [0.3, 0.4) is 0 Å². The van der Waals surface area contributed by atoms with Gasteiger partial charge in [0.2, 0.25) is 0 Å². The van der Waals surface area contributed by atoms with Gasteiger partial charge in [-0.1, -0.05) is 36.7 Å². The first-order valence-electron chi connectivity index (χ1n) is 6.85. The lowest BCUT2D eigenvalue weighted by Crippen LogP contribution is -2.26. The van der Waals surface area contributed by atoms with Crippen LogP contribution < -0.4 is 5.32 Å². The third-order valence-corrected chi connectivity index (χ3v) is 3.65. The molecule has 2 N–H and O–H groups in total. The van der Waals surface area contributed by atoms with Crippen molar-refractivity contribution < 1.29 is 19.1 Å². The number of rotatable bonds is 5. The van der Waals surface area contributed by atoms with Gasteiger partial charge in [-0.25, -0.2) is 4.79 Å². The van der Waals surface area contributed by atoms with E-state index in [9.17, 15) is 9.59 Å². The van der Waals surface area contributed by atoms with Gasteiger partial charge in [0.25, 0.3) is 5.91 Å². The minimum absolute atomic E-state index is 0.0121. The first kappa shape index (κ1) is 16.1. The number of benzene rings is 1. The molecule has 0 aliphatic carbocycles. The molecule has 1 unspecified atom stereocenters. The van der Waals surface area contributed by atoms with Crippen LogP contribution in [0.2, 0.25) is 5.02 Å². The lowest BCUT2D eigenvalue weighted by atomic mass is 10.1. The molecule has 0 fully saturated rings. The molecule has 0 saturated heterocycles. The molecule has 6 heteroatoms. The van der Waals surface area contributed by atoms with Crippen LogP contribution >= 0.6 is 11.6 Å². The standard InChI is InChI=1S/C16H16ClNO4/c1-3-13-11(16(20)21)8-14(22-13)15(19)18-9(2)10-6-4-5-7-12(10)17/h4-9H,3H2,1-2H3,(H,18,19)(H,20,21). The Labute approximate surface area is 132 Å². The number of aromatic carboxylic acids is 1. The molecule has 0 saturated carbocycles. The van der Waals surface area contributed by atoms with Gasteiger partial charge in [0.15, 0.2) is 5.76 Å². The van der Waals surface area contributed by atoms with Crippen molar-refractivity contribution in [2.75, 3.05) is 0 Å². The van der Waals surface area contributed by atoms with E-state index in [1.165, 1.54) is 6.07 Å². The molecule has 1 amide bonds. The minimum Gasteiger partial charge on any atom is -0.478 e. The van der Waals surface area contributed by atoms with E-state index in [-0.39, 0.29) is 23.1 Å². The summed E-state index contributed by atoms with van der Waals surface area (Å²) in [6.45, 7) is 3.56. The fourth-order valence-corrected chi connectivity index (χ4v) is 2.46. The SMILES string of the molecule is CCc1oc(C(=O)NC(C)c2ccccc2Cl)cc1C(=O)O. The Morgan fingerprint density at radius 1 is 1.36 bits per heavy atom. The maximum Gasteiger partial charge on any atom is 0.339 e. The van der Waals surface area contributed by atoms with E-state index in [2.05, 4.69) is 5.32 Å². The second-order valence-corrected chi connectivity index (χ2v) is 5.23. The summed E-state index contributed by atoms with van der Waals surface area (Å²) in [6, 6.07) is 8.11. The van der Waals surface area contributed by atoms with Crippen molar-refractivity contribution in [3.8, 4) is 0 Å². The van der Waals surface area contributed by atoms with Crippen LogP contribution in [0.15, 0.2) is 34.7 Å². The summed E-state index contributed by atoms with van der Waals surface area (Å²) < 4.78 is 5.33. The molecule has 1 aromatic carbocycles. The number of carboxylic acids is 1. The van der Waals surface area contributed by atoms with Crippen LogP contribution in [-0.2, 0) is 6.42 Å². The first-order chi connectivity index (χ1) is 10.4. The summed E-state index contributed by atoms with van der Waals surface area (Å²) >= 11 is 6.09. The second-order valence-electron chi connectivity index (χ2n) is 4.82. The van der Waals surface area contributed by atoms with Gasteiger partial charge in [0.05, 0.1) is 6.04 Å². The number of hydrogen-bond donors (Lipinski definition) is 2. The van der Waals surface area contributed by atoms with Crippen molar-refractivity contribution in [1.29, 1.82) is 0 Å². The lowest BCUT2D eigenvalue weighted by Gasteiger charge is -2.14. The van der Waals surface area contributed by atoms with Gasteiger partial charge in [-0.3, -0.25) is 4.79 Å². The zero-order chi connectivity index (χ0) is 16.3. The number of aryl methyl sites for hydroxylation is 1. The Morgan fingerprint density at radius 2 is 2.05 bits per heavy atom. The molecule has 2 aromatic rings. The van der Waals surface area contributed by atoms with Crippen LogP contribution in [0, 0.1) is 0 Å². The van der Waals surface area contributed by atoms with E-state index >= 15 is 0 Å². The predicted molar refractivity (Wildman–Crippen MR) is 82.4 cm³/mol. The van der Waals surface area contributed by atoms with Crippen molar-refractivity contribution in [3.05, 3.63) is 58.0 Å². The number of halogens is 1. The predicted octanol–water partition coefficient (Wildman–Crippen LogP) is 3.68. The number of nitrogens with one attached hydrogen (secondary N) is 1. The summed E-state index contributed by atoms with van der Waals surface area (Å²) in [7, 11) is 0. The number of carboxylic acid groups (broad SMARTS) is 1. The van der Waals surface area contributed by atoms with Crippen LogP contribution in [-0.4, -0.2) is 17.0 Å². The molecule has 5 nitrogen and oxygen atoms in total. The van der Waals surface area contributed by atoms with Crippen molar-refractivity contribution >= 4 is 23.5 Å². The highest BCUT2D eigenvalue weighted by Crippen LogP contribution is 2.23. The van der Waals surface area contributed by atoms with Gasteiger partial charge < -0.3 is 14.8 Å². The molecule has 0 spiro atoms. The molecule has 116 valence electrons. The smallest absolute Gasteiger partial charge is 0.339 e. The molecular formula is C16H16ClNO4. The summed E-state index contributed by atoms with van der Waals surface area (Å²) in [5.41, 5.74) is 0.788. The third kappa shape index (κ3) is 3.31. The average Bonchev–Trinajstić information content (AvgIpc) is 2.92. The van der Waals surface area contributed by atoms with Gasteiger partial charge in [-0.2, -0.15) is 0 Å². The van der Waals surface area contributed by atoms with Crippen molar-refractivity contribution in [2.24, 2.45) is 0 Å². The topological polar surface area (TPSA) is 79.5 Å².